The minimum atomic E-state index is -1.02. The van der Waals surface area contributed by atoms with Crippen molar-refractivity contribution in [3.63, 3.8) is 0 Å². The molecule has 4 aliphatic rings. The molecule has 156 valence electrons. The zero-order chi connectivity index (χ0) is 21.5. The second-order valence-corrected chi connectivity index (χ2v) is 8.33. The van der Waals surface area contributed by atoms with Crippen LogP contribution in [-0.4, -0.2) is 39.2 Å². The van der Waals surface area contributed by atoms with Gasteiger partial charge < -0.3 is 5.32 Å². The van der Waals surface area contributed by atoms with Crippen molar-refractivity contribution in [2.45, 2.75) is 18.0 Å². The molecule has 0 radical (unpaired) electrons. The van der Waals surface area contributed by atoms with Crippen molar-refractivity contribution in [2.75, 3.05) is 11.9 Å². The molecule has 2 bridgehead atoms. The third-order valence-electron chi connectivity index (χ3n) is 6.62. The van der Waals surface area contributed by atoms with E-state index >= 15 is 0 Å². The molecule has 1 aromatic carbocycles. The third-order valence-corrected chi connectivity index (χ3v) is 6.62. The maximum absolute atomic E-state index is 14.5. The van der Waals surface area contributed by atoms with Crippen molar-refractivity contribution >= 4 is 17.6 Å². The van der Waals surface area contributed by atoms with Gasteiger partial charge in [0.25, 0.3) is 11.8 Å². The zero-order valence-electron chi connectivity index (χ0n) is 16.4. The Kier molecular flexibility index (Phi) is 3.50. The number of aromatic nitrogens is 3. The Morgan fingerprint density at radius 1 is 1.19 bits per heavy atom. The van der Waals surface area contributed by atoms with Crippen molar-refractivity contribution in [3.8, 4) is 0 Å². The van der Waals surface area contributed by atoms with Crippen LogP contribution in [-0.2, 0) is 11.3 Å². The highest BCUT2D eigenvalue weighted by Gasteiger charge is 2.90. The Bertz CT molecular complexity index is 1250. The Labute approximate surface area is 175 Å². The summed E-state index contributed by atoms with van der Waals surface area (Å²) in [5, 5.41) is 6.83. The maximum atomic E-state index is 14.5. The molecule has 2 fully saturated rings. The molecule has 0 spiro atoms. The van der Waals surface area contributed by atoms with Crippen LogP contribution in [0.3, 0.4) is 0 Å². The van der Waals surface area contributed by atoms with Gasteiger partial charge in [-0.2, -0.15) is 5.10 Å². The van der Waals surface area contributed by atoms with Gasteiger partial charge in [0.1, 0.15) is 17.2 Å². The quantitative estimate of drug-likeness (QED) is 0.700. The summed E-state index contributed by atoms with van der Waals surface area (Å²) in [7, 11) is 1.64. The molecule has 3 aromatic rings. The van der Waals surface area contributed by atoms with Gasteiger partial charge in [0, 0.05) is 25.1 Å². The molecule has 1 unspecified atom stereocenters. The number of pyridine rings is 1. The molecule has 7 rings (SSSR count). The number of nitrogens with zero attached hydrogens (tertiary/aromatic N) is 4. The normalized spacial score (nSPS) is 27.3. The van der Waals surface area contributed by atoms with E-state index in [1.165, 1.54) is 21.7 Å². The van der Waals surface area contributed by atoms with Crippen LogP contribution >= 0.6 is 0 Å². The number of hydrogen-bond donors (Lipinski definition) is 1. The van der Waals surface area contributed by atoms with Gasteiger partial charge in [-0.1, -0.05) is 18.2 Å². The van der Waals surface area contributed by atoms with E-state index in [2.05, 4.69) is 15.4 Å². The number of carbonyl (C=O) groups excluding carboxylic acids is 2. The lowest BCUT2D eigenvalue weighted by Crippen LogP contribution is -2.54. The van der Waals surface area contributed by atoms with Gasteiger partial charge >= 0.3 is 0 Å². The van der Waals surface area contributed by atoms with Crippen LogP contribution < -0.4 is 10.2 Å². The molecule has 31 heavy (non-hydrogen) atoms. The van der Waals surface area contributed by atoms with Crippen LogP contribution in [0.1, 0.15) is 27.5 Å². The summed E-state index contributed by atoms with van der Waals surface area (Å²) < 4.78 is 28.8. The lowest BCUT2D eigenvalue weighted by molar-refractivity contribution is -0.122. The number of likely N-dealkylation sites (N-methyl/N-ethyl adjacent to an activating group) is 1. The van der Waals surface area contributed by atoms with E-state index in [1.807, 2.05) is 12.1 Å². The van der Waals surface area contributed by atoms with E-state index in [9.17, 15) is 18.4 Å². The second-order valence-electron chi connectivity index (χ2n) is 8.33. The van der Waals surface area contributed by atoms with Crippen molar-refractivity contribution in [1.29, 1.82) is 0 Å². The molecule has 4 heterocycles. The first-order valence-corrected chi connectivity index (χ1v) is 9.95. The first-order valence-electron chi connectivity index (χ1n) is 9.95. The number of amides is 2. The summed E-state index contributed by atoms with van der Waals surface area (Å²) in [5.41, 5.74) is 0.330. The number of anilines is 1. The van der Waals surface area contributed by atoms with Crippen molar-refractivity contribution in [1.82, 2.24) is 20.1 Å². The van der Waals surface area contributed by atoms with Crippen molar-refractivity contribution in [2.24, 2.45) is 11.8 Å². The highest BCUT2D eigenvalue weighted by atomic mass is 19.1. The topological polar surface area (TPSA) is 80.1 Å². The van der Waals surface area contributed by atoms with Gasteiger partial charge in [-0.05, 0) is 35.2 Å². The van der Waals surface area contributed by atoms with Crippen LogP contribution in [0.15, 0.2) is 48.8 Å². The molecule has 9 heteroatoms. The predicted octanol–water partition coefficient (Wildman–Crippen LogP) is 2.09. The van der Waals surface area contributed by atoms with E-state index in [1.54, 1.807) is 25.4 Å². The lowest BCUT2D eigenvalue weighted by atomic mass is 9.93. The van der Waals surface area contributed by atoms with Crippen LogP contribution in [0.25, 0.3) is 0 Å². The van der Waals surface area contributed by atoms with Crippen molar-refractivity contribution in [3.05, 3.63) is 77.2 Å². The first-order chi connectivity index (χ1) is 14.9. The average Bonchev–Trinajstić information content (AvgIpc) is 3.63. The molecule has 0 saturated heterocycles. The minimum absolute atomic E-state index is 0.00112. The maximum Gasteiger partial charge on any atom is 0.275 e. The molecule has 7 nitrogen and oxygen atoms in total. The van der Waals surface area contributed by atoms with Gasteiger partial charge in [0.15, 0.2) is 11.5 Å². The Morgan fingerprint density at radius 2 is 1.94 bits per heavy atom. The van der Waals surface area contributed by atoms with Gasteiger partial charge in [0.05, 0.1) is 12.7 Å². The highest BCUT2D eigenvalue weighted by molar-refractivity contribution is 6.10. The molecule has 1 N–H and O–H groups in total. The summed E-state index contributed by atoms with van der Waals surface area (Å²) in [6.45, 7) is 0.186. The van der Waals surface area contributed by atoms with Crippen LogP contribution in [0.5, 0.6) is 0 Å². The van der Waals surface area contributed by atoms with E-state index < -0.39 is 17.3 Å². The summed E-state index contributed by atoms with van der Waals surface area (Å²) in [5.74, 6) is -1.32. The largest absolute Gasteiger partial charge is 0.336 e. The van der Waals surface area contributed by atoms with Gasteiger partial charge in [-0.25, -0.2) is 13.8 Å². The standard InChI is InChI=1S/C22H17F2N5O2/c1-28-19-13(3-2-8-25-19)15-16-17(15)22(16,21(28)31)26-20(30)18-14(24)10-29(27-18)9-11-4-6-12(23)7-5-11/h2-8,10,15-17H,9H2,1H3,(H,26,30)/t15-,16+,17?,22+/m0/s1. The number of benzene rings is 1. The van der Waals surface area contributed by atoms with E-state index in [0.29, 0.717) is 11.4 Å². The summed E-state index contributed by atoms with van der Waals surface area (Å²) in [4.78, 5) is 31.8. The molecule has 2 amide bonds. The monoisotopic (exact) mass is 421 g/mol. The molecule has 2 aliphatic carbocycles. The van der Waals surface area contributed by atoms with Gasteiger partial charge in [-0.3, -0.25) is 19.2 Å². The first kappa shape index (κ1) is 18.2. The Morgan fingerprint density at radius 3 is 2.68 bits per heavy atom. The SMILES string of the molecule is CN1C(=O)[C@]2(NC(=O)c3nn(Cc4ccc(F)cc4)cc3F)C3[C@@H](c4cccnc41)[C@H]32. The third kappa shape index (κ3) is 2.43. The smallest absolute Gasteiger partial charge is 0.275 e. The molecule has 2 saturated carbocycles. The fourth-order valence-electron chi connectivity index (χ4n) is 5.07. The lowest BCUT2D eigenvalue weighted by Gasteiger charge is -2.25. The van der Waals surface area contributed by atoms with Crippen LogP contribution in [0.2, 0.25) is 0 Å². The van der Waals surface area contributed by atoms with E-state index in [4.69, 9.17) is 0 Å². The van der Waals surface area contributed by atoms with Crippen molar-refractivity contribution < 1.29 is 18.4 Å². The van der Waals surface area contributed by atoms with E-state index in [0.717, 1.165) is 11.8 Å². The van der Waals surface area contributed by atoms with Gasteiger partial charge in [0.2, 0.25) is 0 Å². The Hall–Kier alpha value is -3.62. The van der Waals surface area contributed by atoms with Crippen LogP contribution in [0, 0.1) is 23.5 Å². The predicted molar refractivity (Wildman–Crippen MR) is 105 cm³/mol. The summed E-state index contributed by atoms with van der Waals surface area (Å²) in [6.07, 6.45) is 2.75. The minimum Gasteiger partial charge on any atom is -0.336 e. The average molecular weight is 421 g/mol. The molecule has 2 aliphatic heterocycles. The van der Waals surface area contributed by atoms with Gasteiger partial charge in [-0.15, -0.1) is 0 Å². The molecular weight excluding hydrogens is 404 g/mol. The van der Waals surface area contributed by atoms with E-state index in [-0.39, 0.29) is 41.7 Å². The number of nitrogens with one attached hydrogen (secondary N) is 1. The second kappa shape index (κ2) is 5.96. The molecule has 2 aromatic heterocycles. The highest BCUT2D eigenvalue weighted by Crippen LogP contribution is 2.82. The molecular formula is C22H17F2N5O2. The number of carbonyl (C=O) groups is 2. The number of rotatable bonds is 4. The number of hydrogen-bond acceptors (Lipinski definition) is 4. The number of halogens is 2. The van der Waals surface area contributed by atoms with Crippen LogP contribution in [0.4, 0.5) is 14.6 Å². The summed E-state index contributed by atoms with van der Waals surface area (Å²) in [6, 6.07) is 9.54. The fraction of sp³-hybridized carbons (Fsp3) is 0.273. The zero-order valence-corrected chi connectivity index (χ0v) is 16.4. The molecule has 4 atom stereocenters. The number of fused-ring (bicyclic) bond motifs is 1. The fourth-order valence-corrected chi connectivity index (χ4v) is 5.07. The summed E-state index contributed by atoms with van der Waals surface area (Å²) >= 11 is 0. The Balaban J connectivity index is 1.24.